The molecule has 0 atom stereocenters. The van der Waals surface area contributed by atoms with Crippen molar-refractivity contribution in [3.63, 3.8) is 0 Å². The van der Waals surface area contributed by atoms with E-state index in [1.807, 2.05) is 0 Å². The zero-order valence-corrected chi connectivity index (χ0v) is 8.75. The summed E-state index contributed by atoms with van der Waals surface area (Å²) >= 11 is 1.78. The van der Waals surface area contributed by atoms with Gasteiger partial charge in [0.2, 0.25) is 5.91 Å². The van der Waals surface area contributed by atoms with E-state index < -0.39 is 0 Å². The maximum atomic E-state index is 11.3. The van der Waals surface area contributed by atoms with Crippen molar-refractivity contribution < 1.29 is 4.79 Å². The molecular weight excluding hydrogens is 182 g/mol. The Kier molecular flexibility index (Phi) is 2.12. The molecule has 0 saturated heterocycles. The molecule has 70 valence electrons. The summed E-state index contributed by atoms with van der Waals surface area (Å²) in [6.45, 7) is 4.20. The van der Waals surface area contributed by atoms with E-state index >= 15 is 0 Å². The molecule has 0 aromatic carbocycles. The van der Waals surface area contributed by atoms with Crippen LogP contribution in [0.5, 0.6) is 0 Å². The zero-order valence-electron chi connectivity index (χ0n) is 7.94. The second kappa shape index (κ2) is 3.14. The normalized spacial score (nSPS) is 16.3. The van der Waals surface area contributed by atoms with E-state index in [1.165, 1.54) is 15.3 Å². The first-order chi connectivity index (χ1) is 6.18. The monoisotopic (exact) mass is 195 g/mol. The Morgan fingerprint density at radius 3 is 2.77 bits per heavy atom. The van der Waals surface area contributed by atoms with Crippen LogP contribution in [0.3, 0.4) is 0 Å². The molecule has 13 heavy (non-hydrogen) atoms. The Bertz CT molecular complexity index is 354. The Balaban J connectivity index is 2.47. The van der Waals surface area contributed by atoms with Gasteiger partial charge in [-0.1, -0.05) is 0 Å². The number of amides is 1. The van der Waals surface area contributed by atoms with Gasteiger partial charge in [0.25, 0.3) is 0 Å². The maximum absolute atomic E-state index is 11.3. The lowest BCUT2D eigenvalue weighted by atomic mass is 10.1. The van der Waals surface area contributed by atoms with Gasteiger partial charge in [-0.2, -0.15) is 0 Å². The fourth-order valence-corrected chi connectivity index (χ4v) is 2.89. The van der Waals surface area contributed by atoms with Gasteiger partial charge in [0, 0.05) is 16.2 Å². The number of hydrogen-bond acceptors (Lipinski definition) is 2. The fourth-order valence-electron chi connectivity index (χ4n) is 1.82. The van der Waals surface area contributed by atoms with Crippen molar-refractivity contribution in [3.05, 3.63) is 15.3 Å². The number of nitrogens with one attached hydrogen (secondary N) is 1. The number of thiophene rings is 1. The first kappa shape index (κ1) is 8.75. The predicted octanol–water partition coefficient (Wildman–Crippen LogP) is 2.64. The highest BCUT2D eigenvalue weighted by molar-refractivity contribution is 7.12. The highest BCUT2D eigenvalue weighted by Crippen LogP contribution is 2.34. The minimum absolute atomic E-state index is 0.166. The molecule has 2 heterocycles. The molecule has 1 aromatic rings. The van der Waals surface area contributed by atoms with Crippen LogP contribution in [0.15, 0.2) is 0 Å². The number of carbonyl (C=O) groups is 1. The molecule has 0 radical (unpaired) electrons. The van der Waals surface area contributed by atoms with Crippen molar-refractivity contribution >= 4 is 22.9 Å². The minimum Gasteiger partial charge on any atom is -0.325 e. The first-order valence-electron chi connectivity index (χ1n) is 4.57. The van der Waals surface area contributed by atoms with Gasteiger partial charge in [-0.15, -0.1) is 11.3 Å². The largest absolute Gasteiger partial charge is 0.325 e. The van der Waals surface area contributed by atoms with E-state index in [0.29, 0.717) is 6.42 Å². The van der Waals surface area contributed by atoms with Gasteiger partial charge in [0.05, 0.1) is 5.69 Å². The summed E-state index contributed by atoms with van der Waals surface area (Å²) in [7, 11) is 0. The summed E-state index contributed by atoms with van der Waals surface area (Å²) in [5, 5.41) is 2.98. The molecule has 3 heteroatoms. The van der Waals surface area contributed by atoms with E-state index in [1.54, 1.807) is 11.3 Å². The molecule has 1 N–H and O–H groups in total. The van der Waals surface area contributed by atoms with E-state index in [4.69, 9.17) is 0 Å². The highest BCUT2D eigenvalue weighted by Gasteiger charge is 2.18. The van der Waals surface area contributed by atoms with Crippen molar-refractivity contribution in [2.24, 2.45) is 0 Å². The average molecular weight is 195 g/mol. The Hall–Kier alpha value is -0.830. The Morgan fingerprint density at radius 2 is 2.00 bits per heavy atom. The van der Waals surface area contributed by atoms with Crippen LogP contribution >= 0.6 is 11.3 Å². The van der Waals surface area contributed by atoms with Crippen molar-refractivity contribution in [2.75, 3.05) is 5.32 Å². The molecule has 2 rings (SSSR count). The molecule has 1 aliphatic heterocycles. The van der Waals surface area contributed by atoms with Gasteiger partial charge in [0.15, 0.2) is 0 Å². The number of carbonyl (C=O) groups excluding carboxylic acids is 1. The van der Waals surface area contributed by atoms with Crippen molar-refractivity contribution in [1.29, 1.82) is 0 Å². The van der Waals surface area contributed by atoms with Crippen LogP contribution in [0.25, 0.3) is 0 Å². The molecule has 1 aromatic heterocycles. The molecular formula is C10H13NOS. The van der Waals surface area contributed by atoms with Crippen LogP contribution in [-0.2, 0) is 11.2 Å². The van der Waals surface area contributed by atoms with Gasteiger partial charge in [-0.3, -0.25) is 4.79 Å². The van der Waals surface area contributed by atoms with Gasteiger partial charge >= 0.3 is 0 Å². The highest BCUT2D eigenvalue weighted by atomic mass is 32.1. The van der Waals surface area contributed by atoms with E-state index in [-0.39, 0.29) is 5.91 Å². The summed E-state index contributed by atoms with van der Waals surface area (Å²) in [4.78, 5) is 13.9. The maximum Gasteiger partial charge on any atom is 0.224 e. The van der Waals surface area contributed by atoms with E-state index in [0.717, 1.165) is 18.5 Å². The average Bonchev–Trinajstić information content (AvgIpc) is 2.28. The SMILES string of the molecule is Cc1sc(C)c2c1CCCC(=O)N2. The van der Waals surface area contributed by atoms with Crippen molar-refractivity contribution in [3.8, 4) is 0 Å². The molecule has 0 fully saturated rings. The predicted molar refractivity (Wildman–Crippen MR) is 55.4 cm³/mol. The van der Waals surface area contributed by atoms with Gasteiger partial charge < -0.3 is 5.32 Å². The smallest absolute Gasteiger partial charge is 0.224 e. The number of hydrogen-bond donors (Lipinski definition) is 1. The molecule has 0 unspecified atom stereocenters. The van der Waals surface area contributed by atoms with Crippen LogP contribution in [0.4, 0.5) is 5.69 Å². The van der Waals surface area contributed by atoms with Gasteiger partial charge in [0.1, 0.15) is 0 Å². The first-order valence-corrected chi connectivity index (χ1v) is 5.39. The van der Waals surface area contributed by atoms with Crippen LogP contribution in [0.1, 0.15) is 28.2 Å². The van der Waals surface area contributed by atoms with Crippen LogP contribution < -0.4 is 5.32 Å². The summed E-state index contributed by atoms with van der Waals surface area (Å²) in [5.41, 5.74) is 2.44. The van der Waals surface area contributed by atoms with Crippen LogP contribution in [-0.4, -0.2) is 5.91 Å². The number of anilines is 1. The third kappa shape index (κ3) is 1.48. The molecule has 0 spiro atoms. The third-order valence-electron chi connectivity index (χ3n) is 2.48. The topological polar surface area (TPSA) is 29.1 Å². The van der Waals surface area contributed by atoms with Gasteiger partial charge in [-0.05, 0) is 32.3 Å². The summed E-state index contributed by atoms with van der Waals surface area (Å²) in [6, 6.07) is 0. The molecule has 0 saturated carbocycles. The second-order valence-electron chi connectivity index (χ2n) is 3.47. The standard InChI is InChI=1S/C10H13NOS/c1-6-8-4-3-5-9(12)11-10(8)7(2)13-6/h3-5H2,1-2H3,(H,11,12). The zero-order chi connectivity index (χ0) is 9.42. The number of fused-ring (bicyclic) bond motifs is 1. The molecule has 1 aliphatic rings. The summed E-state index contributed by atoms with van der Waals surface area (Å²) in [6.07, 6.45) is 2.69. The Labute approximate surface area is 82.0 Å². The molecule has 0 bridgehead atoms. The Morgan fingerprint density at radius 1 is 1.23 bits per heavy atom. The number of aryl methyl sites for hydroxylation is 2. The third-order valence-corrected chi connectivity index (χ3v) is 3.54. The summed E-state index contributed by atoms with van der Waals surface area (Å²) in [5.74, 6) is 0.166. The van der Waals surface area contributed by atoms with Gasteiger partial charge in [-0.25, -0.2) is 0 Å². The van der Waals surface area contributed by atoms with E-state index in [9.17, 15) is 4.79 Å². The van der Waals surface area contributed by atoms with Crippen molar-refractivity contribution in [1.82, 2.24) is 0 Å². The quantitative estimate of drug-likeness (QED) is 0.677. The second-order valence-corrected chi connectivity index (χ2v) is 4.90. The fraction of sp³-hybridized carbons (Fsp3) is 0.500. The number of rotatable bonds is 0. The van der Waals surface area contributed by atoms with Crippen molar-refractivity contribution in [2.45, 2.75) is 33.1 Å². The van der Waals surface area contributed by atoms with E-state index in [2.05, 4.69) is 19.2 Å². The lowest BCUT2D eigenvalue weighted by Gasteiger charge is -2.01. The van der Waals surface area contributed by atoms with Crippen LogP contribution in [0.2, 0.25) is 0 Å². The lowest BCUT2D eigenvalue weighted by Crippen LogP contribution is -2.09. The minimum atomic E-state index is 0.166. The lowest BCUT2D eigenvalue weighted by molar-refractivity contribution is -0.116. The molecule has 0 aliphatic carbocycles. The molecule has 1 amide bonds. The summed E-state index contributed by atoms with van der Waals surface area (Å²) < 4.78 is 0. The molecule has 2 nitrogen and oxygen atoms in total. The van der Waals surface area contributed by atoms with Crippen LogP contribution in [0, 0.1) is 13.8 Å².